The highest BCUT2D eigenvalue weighted by molar-refractivity contribution is 9.10. The number of rotatable bonds is 5. The maximum atomic E-state index is 11.7. The number of carbonyl (C=O) groups is 3. The fourth-order valence-electron chi connectivity index (χ4n) is 1.35. The van der Waals surface area contributed by atoms with Gasteiger partial charge in [-0.3, -0.25) is 4.79 Å². The van der Waals surface area contributed by atoms with Gasteiger partial charge in [0, 0.05) is 4.47 Å². The summed E-state index contributed by atoms with van der Waals surface area (Å²) in [5, 5.41) is 11.3. The average Bonchev–Trinajstić information content (AvgIpc) is 2.39. The van der Waals surface area contributed by atoms with Gasteiger partial charge in [-0.1, -0.05) is 15.9 Å². The largest absolute Gasteiger partial charge is 0.478 e. The molecule has 0 fully saturated rings. The molecule has 1 aromatic carbocycles. The van der Waals surface area contributed by atoms with Gasteiger partial charge >= 0.3 is 11.9 Å². The van der Waals surface area contributed by atoms with Gasteiger partial charge < -0.3 is 20.9 Å². The molecular formula is C12H13BrN2O5. The molecule has 0 bridgehead atoms. The second-order valence-corrected chi connectivity index (χ2v) is 4.63. The van der Waals surface area contributed by atoms with Gasteiger partial charge in [0.25, 0.3) is 5.91 Å². The first-order chi connectivity index (χ1) is 9.36. The van der Waals surface area contributed by atoms with Crippen molar-refractivity contribution in [3.05, 3.63) is 28.2 Å². The first-order valence-electron chi connectivity index (χ1n) is 5.62. The van der Waals surface area contributed by atoms with Gasteiger partial charge in [0.15, 0.2) is 6.04 Å². The zero-order valence-corrected chi connectivity index (χ0v) is 12.1. The van der Waals surface area contributed by atoms with Crippen LogP contribution in [0, 0.1) is 0 Å². The van der Waals surface area contributed by atoms with Gasteiger partial charge in [-0.25, -0.2) is 9.59 Å². The normalized spacial score (nSPS) is 11.6. The van der Waals surface area contributed by atoms with Crippen molar-refractivity contribution >= 4 is 39.5 Å². The van der Waals surface area contributed by atoms with Crippen LogP contribution in [-0.2, 0) is 14.3 Å². The molecule has 0 aromatic heterocycles. The van der Waals surface area contributed by atoms with Crippen LogP contribution in [0.2, 0.25) is 0 Å². The van der Waals surface area contributed by atoms with Crippen LogP contribution in [0.15, 0.2) is 22.7 Å². The van der Waals surface area contributed by atoms with E-state index in [-0.39, 0.29) is 17.9 Å². The number of carboxylic acids is 1. The fraction of sp³-hybridized carbons (Fsp3) is 0.250. The van der Waals surface area contributed by atoms with E-state index in [1.54, 1.807) is 13.0 Å². The smallest absolute Gasteiger partial charge is 0.337 e. The Kier molecular flexibility index (Phi) is 5.66. The van der Waals surface area contributed by atoms with Gasteiger partial charge in [-0.2, -0.15) is 0 Å². The van der Waals surface area contributed by atoms with E-state index in [2.05, 4.69) is 26.0 Å². The Morgan fingerprint density at radius 1 is 1.45 bits per heavy atom. The minimum absolute atomic E-state index is 0.0467. The van der Waals surface area contributed by atoms with Crippen LogP contribution in [0.1, 0.15) is 17.3 Å². The number of hydrogen-bond donors (Lipinski definition) is 3. The lowest BCUT2D eigenvalue weighted by atomic mass is 10.1. The number of halogens is 1. The minimum atomic E-state index is -1.51. The molecule has 0 spiro atoms. The standard InChI is InChI=1S/C12H13BrN2O5/c1-2-20-12(19)9(14)10(16)15-8-4-3-6(13)5-7(8)11(17)18/h3-5,9H,2,14H2,1H3,(H,15,16)(H,17,18). The lowest BCUT2D eigenvalue weighted by Crippen LogP contribution is -2.43. The molecule has 0 radical (unpaired) electrons. The van der Waals surface area contributed by atoms with E-state index >= 15 is 0 Å². The summed E-state index contributed by atoms with van der Waals surface area (Å²) < 4.78 is 5.15. The predicted molar refractivity (Wildman–Crippen MR) is 74.3 cm³/mol. The van der Waals surface area contributed by atoms with Gasteiger partial charge in [0.05, 0.1) is 17.9 Å². The Bertz CT molecular complexity index is 547. The van der Waals surface area contributed by atoms with E-state index < -0.39 is 23.9 Å². The summed E-state index contributed by atoms with van der Waals surface area (Å²) in [6.45, 7) is 1.68. The van der Waals surface area contributed by atoms with Crippen LogP contribution < -0.4 is 11.1 Å². The van der Waals surface area contributed by atoms with E-state index in [0.717, 1.165) is 0 Å². The molecule has 4 N–H and O–H groups in total. The zero-order chi connectivity index (χ0) is 15.3. The zero-order valence-electron chi connectivity index (χ0n) is 10.6. The lowest BCUT2D eigenvalue weighted by Gasteiger charge is -2.13. The predicted octanol–water partition coefficient (Wildman–Crippen LogP) is 0.976. The number of hydrogen-bond acceptors (Lipinski definition) is 5. The van der Waals surface area contributed by atoms with Crippen molar-refractivity contribution in [1.29, 1.82) is 0 Å². The van der Waals surface area contributed by atoms with Crippen LogP contribution in [-0.4, -0.2) is 35.6 Å². The van der Waals surface area contributed by atoms with Crippen LogP contribution in [0.5, 0.6) is 0 Å². The molecule has 8 heteroatoms. The molecule has 7 nitrogen and oxygen atoms in total. The maximum Gasteiger partial charge on any atom is 0.337 e. The number of benzene rings is 1. The Morgan fingerprint density at radius 3 is 2.65 bits per heavy atom. The monoisotopic (exact) mass is 344 g/mol. The van der Waals surface area contributed by atoms with Crippen LogP contribution in [0.4, 0.5) is 5.69 Å². The maximum absolute atomic E-state index is 11.7. The molecule has 1 unspecified atom stereocenters. The third-order valence-corrected chi connectivity index (χ3v) is 2.79. The second-order valence-electron chi connectivity index (χ2n) is 3.71. The number of ether oxygens (including phenoxy) is 1. The van der Waals surface area contributed by atoms with E-state index in [9.17, 15) is 14.4 Å². The number of anilines is 1. The molecule has 1 amide bonds. The summed E-state index contributed by atoms with van der Waals surface area (Å²) in [6, 6.07) is 2.76. The van der Waals surface area contributed by atoms with E-state index in [4.69, 9.17) is 10.8 Å². The summed E-state index contributed by atoms with van der Waals surface area (Å²) in [5.74, 6) is -2.93. The van der Waals surface area contributed by atoms with Crippen molar-refractivity contribution in [3.8, 4) is 0 Å². The van der Waals surface area contributed by atoms with Crippen LogP contribution in [0.25, 0.3) is 0 Å². The molecule has 1 atom stereocenters. The highest BCUT2D eigenvalue weighted by Crippen LogP contribution is 2.21. The highest BCUT2D eigenvalue weighted by atomic mass is 79.9. The van der Waals surface area contributed by atoms with Crippen molar-refractivity contribution in [1.82, 2.24) is 0 Å². The molecule has 20 heavy (non-hydrogen) atoms. The first-order valence-corrected chi connectivity index (χ1v) is 6.42. The molecule has 1 aromatic rings. The SMILES string of the molecule is CCOC(=O)C(N)C(=O)Nc1ccc(Br)cc1C(=O)O. The number of nitrogens with two attached hydrogens (primary N) is 1. The molecule has 0 saturated carbocycles. The van der Waals surface area contributed by atoms with Crippen molar-refractivity contribution in [2.24, 2.45) is 5.73 Å². The molecule has 108 valence electrons. The quantitative estimate of drug-likeness (QED) is 0.541. The molecule has 0 saturated heterocycles. The molecule has 0 aliphatic rings. The van der Waals surface area contributed by atoms with Gasteiger partial charge in [0.2, 0.25) is 0 Å². The minimum Gasteiger partial charge on any atom is -0.478 e. The third kappa shape index (κ3) is 4.04. The topological polar surface area (TPSA) is 119 Å². The van der Waals surface area contributed by atoms with Crippen molar-refractivity contribution in [2.75, 3.05) is 11.9 Å². The van der Waals surface area contributed by atoms with Crippen molar-refractivity contribution < 1.29 is 24.2 Å². The van der Waals surface area contributed by atoms with Crippen molar-refractivity contribution in [2.45, 2.75) is 13.0 Å². The summed E-state index contributed by atoms with van der Waals surface area (Å²) >= 11 is 3.13. The van der Waals surface area contributed by atoms with E-state index in [1.165, 1.54) is 12.1 Å². The Balaban J connectivity index is 2.91. The summed E-state index contributed by atoms with van der Waals surface area (Å²) in [4.78, 5) is 34.1. The van der Waals surface area contributed by atoms with E-state index in [1.807, 2.05) is 0 Å². The first kappa shape index (κ1) is 16.1. The number of nitrogens with one attached hydrogen (secondary N) is 1. The average molecular weight is 345 g/mol. The Hall–Kier alpha value is -1.93. The fourth-order valence-corrected chi connectivity index (χ4v) is 1.71. The lowest BCUT2D eigenvalue weighted by molar-refractivity contribution is -0.146. The third-order valence-electron chi connectivity index (χ3n) is 2.29. The Morgan fingerprint density at radius 2 is 2.10 bits per heavy atom. The van der Waals surface area contributed by atoms with Crippen LogP contribution in [0.3, 0.4) is 0 Å². The second kappa shape index (κ2) is 7.01. The van der Waals surface area contributed by atoms with Gasteiger partial charge in [-0.15, -0.1) is 0 Å². The molecule has 0 aliphatic carbocycles. The van der Waals surface area contributed by atoms with Crippen molar-refractivity contribution in [3.63, 3.8) is 0 Å². The van der Waals surface area contributed by atoms with Crippen LogP contribution >= 0.6 is 15.9 Å². The number of carboxylic acid groups (broad SMARTS) is 1. The molecule has 0 aliphatic heterocycles. The number of amides is 1. The molecule has 1 rings (SSSR count). The molecule has 0 heterocycles. The van der Waals surface area contributed by atoms with Gasteiger partial charge in [0.1, 0.15) is 0 Å². The number of aromatic carboxylic acids is 1. The highest BCUT2D eigenvalue weighted by Gasteiger charge is 2.24. The summed E-state index contributed by atoms with van der Waals surface area (Å²) in [7, 11) is 0. The van der Waals surface area contributed by atoms with Gasteiger partial charge in [-0.05, 0) is 25.1 Å². The molecular weight excluding hydrogens is 332 g/mol. The number of esters is 1. The number of carbonyl (C=O) groups excluding carboxylic acids is 2. The Labute approximate surface area is 123 Å². The van der Waals surface area contributed by atoms with E-state index in [0.29, 0.717) is 4.47 Å². The summed E-state index contributed by atoms with van der Waals surface area (Å²) in [6.07, 6.45) is 0. The summed E-state index contributed by atoms with van der Waals surface area (Å²) in [5.41, 5.74) is 5.33.